The number of carboxylic acids is 1. The summed E-state index contributed by atoms with van der Waals surface area (Å²) in [6.07, 6.45) is 10.3. The Morgan fingerprint density at radius 1 is 1.04 bits per heavy atom. The van der Waals surface area contributed by atoms with Crippen LogP contribution in [0.15, 0.2) is 48.6 Å². The van der Waals surface area contributed by atoms with Crippen molar-refractivity contribution in [3.63, 3.8) is 0 Å². The third-order valence-electron chi connectivity index (χ3n) is 3.75. The maximum atomic E-state index is 11.0. The number of ether oxygens (including phenoxy) is 1. The van der Waals surface area contributed by atoms with Gasteiger partial charge in [0.2, 0.25) is 0 Å². The molecule has 2 aromatic carbocycles. The summed E-state index contributed by atoms with van der Waals surface area (Å²) in [6.45, 7) is 2.87. The van der Waals surface area contributed by atoms with Gasteiger partial charge in [0.25, 0.3) is 0 Å². The minimum absolute atomic E-state index is 0.305. The fraction of sp³-hybridized carbons (Fsp3) is 0.350. The molecule has 0 aliphatic rings. The van der Waals surface area contributed by atoms with E-state index in [9.17, 15) is 4.79 Å². The third kappa shape index (κ3) is 5.44. The van der Waals surface area contributed by atoms with Crippen molar-refractivity contribution in [2.75, 3.05) is 6.61 Å². The smallest absolute Gasteiger partial charge is 0.335 e. The molecule has 2 rings (SSSR count). The summed E-state index contributed by atoms with van der Waals surface area (Å²) in [5.74, 6) is -0.0853. The lowest BCUT2D eigenvalue weighted by atomic mass is 10.1. The van der Waals surface area contributed by atoms with Crippen LogP contribution in [0.3, 0.4) is 0 Å². The minimum Gasteiger partial charge on any atom is -0.493 e. The van der Waals surface area contributed by atoms with Crippen LogP contribution in [-0.2, 0) is 0 Å². The molecule has 0 amide bonds. The fourth-order valence-corrected chi connectivity index (χ4v) is 2.44. The number of fused-ring (bicyclic) bond motifs is 1. The van der Waals surface area contributed by atoms with Gasteiger partial charge in [-0.1, -0.05) is 44.1 Å². The number of aromatic carboxylic acids is 1. The molecule has 0 heterocycles. The first-order valence-corrected chi connectivity index (χ1v) is 8.25. The average Bonchev–Trinajstić information content (AvgIpc) is 2.56. The van der Waals surface area contributed by atoms with Crippen molar-refractivity contribution in [1.82, 2.24) is 0 Å². The molecule has 0 aliphatic heterocycles. The third-order valence-corrected chi connectivity index (χ3v) is 3.75. The van der Waals surface area contributed by atoms with Gasteiger partial charge in [-0.2, -0.15) is 0 Å². The highest BCUT2D eigenvalue weighted by atomic mass is 16.5. The van der Waals surface area contributed by atoms with Gasteiger partial charge < -0.3 is 9.84 Å². The standard InChI is InChI=1S/C20H24O3/c1-2-3-4-5-6-7-8-13-23-19-12-11-16-14-18(20(21)22)10-9-17(16)15-19/h6-7,9-12,14-15H,2-5,8,13H2,1H3,(H,21,22)/b7-6-. The van der Waals surface area contributed by atoms with Crippen LogP contribution in [0.4, 0.5) is 0 Å². The van der Waals surface area contributed by atoms with Gasteiger partial charge in [-0.3, -0.25) is 0 Å². The van der Waals surface area contributed by atoms with E-state index in [0.29, 0.717) is 12.2 Å². The predicted molar refractivity (Wildman–Crippen MR) is 94.3 cm³/mol. The Hall–Kier alpha value is -2.29. The van der Waals surface area contributed by atoms with E-state index < -0.39 is 5.97 Å². The number of unbranched alkanes of at least 4 members (excludes halogenated alkanes) is 3. The highest BCUT2D eigenvalue weighted by molar-refractivity contribution is 5.94. The molecule has 0 aliphatic carbocycles. The first-order valence-electron chi connectivity index (χ1n) is 8.25. The van der Waals surface area contributed by atoms with E-state index >= 15 is 0 Å². The Kier molecular flexibility index (Phi) is 6.67. The number of hydrogen-bond acceptors (Lipinski definition) is 2. The van der Waals surface area contributed by atoms with Gasteiger partial charge in [0, 0.05) is 0 Å². The fourth-order valence-electron chi connectivity index (χ4n) is 2.44. The highest BCUT2D eigenvalue weighted by Gasteiger charge is 2.04. The molecular weight excluding hydrogens is 288 g/mol. The van der Waals surface area contributed by atoms with Crippen LogP contribution >= 0.6 is 0 Å². The lowest BCUT2D eigenvalue weighted by Crippen LogP contribution is -1.97. The molecule has 0 bridgehead atoms. The number of hydrogen-bond donors (Lipinski definition) is 1. The van der Waals surface area contributed by atoms with Gasteiger partial charge in [0.15, 0.2) is 0 Å². The van der Waals surface area contributed by atoms with Crippen molar-refractivity contribution in [3.05, 3.63) is 54.1 Å². The number of benzene rings is 2. The first kappa shape index (κ1) is 17.1. The second kappa shape index (κ2) is 8.99. The van der Waals surface area contributed by atoms with Gasteiger partial charge in [-0.25, -0.2) is 4.79 Å². The van der Waals surface area contributed by atoms with Crippen LogP contribution in [0.5, 0.6) is 5.75 Å². The summed E-state index contributed by atoms with van der Waals surface area (Å²) >= 11 is 0. The van der Waals surface area contributed by atoms with Crippen LogP contribution < -0.4 is 4.74 Å². The van der Waals surface area contributed by atoms with Gasteiger partial charge in [0.1, 0.15) is 5.75 Å². The van der Waals surface area contributed by atoms with Crippen molar-refractivity contribution < 1.29 is 14.6 Å². The van der Waals surface area contributed by atoms with Crippen LogP contribution in [0.25, 0.3) is 10.8 Å². The summed E-state index contributed by atoms with van der Waals surface area (Å²) in [5.41, 5.74) is 0.305. The van der Waals surface area contributed by atoms with Crippen molar-refractivity contribution in [3.8, 4) is 5.75 Å². The van der Waals surface area contributed by atoms with Crippen molar-refractivity contribution in [2.45, 2.75) is 39.0 Å². The van der Waals surface area contributed by atoms with Crippen LogP contribution in [0.1, 0.15) is 49.4 Å². The second-order valence-corrected chi connectivity index (χ2v) is 5.63. The maximum absolute atomic E-state index is 11.0. The molecule has 0 fully saturated rings. The molecule has 0 atom stereocenters. The molecule has 0 spiro atoms. The monoisotopic (exact) mass is 312 g/mol. The van der Waals surface area contributed by atoms with Crippen molar-refractivity contribution >= 4 is 16.7 Å². The normalized spacial score (nSPS) is 11.2. The Bertz CT molecular complexity index is 674. The van der Waals surface area contributed by atoms with E-state index in [0.717, 1.165) is 29.4 Å². The molecule has 3 nitrogen and oxygen atoms in total. The summed E-state index contributed by atoms with van der Waals surface area (Å²) in [4.78, 5) is 11.0. The molecule has 122 valence electrons. The van der Waals surface area contributed by atoms with Gasteiger partial charge in [-0.05, 0) is 54.3 Å². The highest BCUT2D eigenvalue weighted by Crippen LogP contribution is 2.22. The molecule has 3 heteroatoms. The van der Waals surface area contributed by atoms with E-state index in [4.69, 9.17) is 9.84 Å². The van der Waals surface area contributed by atoms with E-state index in [1.165, 1.54) is 19.3 Å². The second-order valence-electron chi connectivity index (χ2n) is 5.63. The van der Waals surface area contributed by atoms with Crippen molar-refractivity contribution in [2.24, 2.45) is 0 Å². The molecule has 1 N–H and O–H groups in total. The summed E-state index contributed by atoms with van der Waals surface area (Å²) in [6, 6.07) is 10.9. The van der Waals surface area contributed by atoms with Crippen molar-refractivity contribution in [1.29, 1.82) is 0 Å². The zero-order chi connectivity index (χ0) is 16.5. The van der Waals surface area contributed by atoms with E-state index in [1.807, 2.05) is 24.3 Å². The lowest BCUT2D eigenvalue weighted by molar-refractivity contribution is 0.0697. The molecule has 0 unspecified atom stereocenters. The molecule has 0 aromatic heterocycles. The molecule has 0 radical (unpaired) electrons. The average molecular weight is 312 g/mol. The van der Waals surface area contributed by atoms with Crippen LogP contribution in [0, 0.1) is 0 Å². The van der Waals surface area contributed by atoms with Gasteiger partial charge >= 0.3 is 5.97 Å². The number of carboxylic acid groups (broad SMARTS) is 1. The Morgan fingerprint density at radius 3 is 2.57 bits per heavy atom. The number of rotatable bonds is 9. The van der Waals surface area contributed by atoms with Crippen LogP contribution in [-0.4, -0.2) is 17.7 Å². The number of allylic oxidation sites excluding steroid dienone is 1. The maximum Gasteiger partial charge on any atom is 0.335 e. The van der Waals surface area contributed by atoms with Gasteiger partial charge in [0.05, 0.1) is 12.2 Å². The molecule has 23 heavy (non-hydrogen) atoms. The largest absolute Gasteiger partial charge is 0.493 e. The van der Waals surface area contributed by atoms with Gasteiger partial charge in [-0.15, -0.1) is 0 Å². The number of carbonyl (C=O) groups is 1. The van der Waals surface area contributed by atoms with E-state index in [1.54, 1.807) is 12.1 Å². The van der Waals surface area contributed by atoms with E-state index in [-0.39, 0.29) is 0 Å². The summed E-state index contributed by atoms with van der Waals surface area (Å²) < 4.78 is 5.75. The Labute approximate surface area is 137 Å². The molecular formula is C20H24O3. The quantitative estimate of drug-likeness (QED) is 0.495. The Morgan fingerprint density at radius 2 is 1.78 bits per heavy atom. The lowest BCUT2D eigenvalue weighted by Gasteiger charge is -2.06. The minimum atomic E-state index is -0.905. The Balaban J connectivity index is 1.84. The summed E-state index contributed by atoms with van der Waals surface area (Å²) in [5, 5.41) is 10.9. The van der Waals surface area contributed by atoms with Crippen LogP contribution in [0.2, 0.25) is 0 Å². The topological polar surface area (TPSA) is 46.5 Å². The first-order chi connectivity index (χ1) is 11.2. The molecule has 0 saturated carbocycles. The molecule has 0 saturated heterocycles. The SMILES string of the molecule is CCCCC/C=C\CCOc1ccc2cc(C(=O)O)ccc2c1. The zero-order valence-electron chi connectivity index (χ0n) is 13.6. The predicted octanol–water partition coefficient (Wildman–Crippen LogP) is 5.44. The van der Waals surface area contributed by atoms with E-state index in [2.05, 4.69) is 19.1 Å². The molecule has 2 aromatic rings. The summed E-state index contributed by atoms with van der Waals surface area (Å²) in [7, 11) is 0. The zero-order valence-corrected chi connectivity index (χ0v) is 13.6.